The summed E-state index contributed by atoms with van der Waals surface area (Å²) in [5.41, 5.74) is 0.964. The first kappa shape index (κ1) is 18.0. The van der Waals surface area contributed by atoms with E-state index in [1.165, 1.54) is 0 Å². The molecular formula is C20H26N4O3. The Bertz CT molecular complexity index is 772. The van der Waals surface area contributed by atoms with Crippen molar-refractivity contribution in [3.05, 3.63) is 35.4 Å². The van der Waals surface area contributed by atoms with Crippen molar-refractivity contribution >= 4 is 17.8 Å². The van der Waals surface area contributed by atoms with Gasteiger partial charge in [0, 0.05) is 26.2 Å². The summed E-state index contributed by atoms with van der Waals surface area (Å²) in [4.78, 5) is 43.5. The van der Waals surface area contributed by atoms with Crippen LogP contribution in [-0.4, -0.2) is 71.8 Å². The maximum absolute atomic E-state index is 13.1. The van der Waals surface area contributed by atoms with Crippen LogP contribution in [0.2, 0.25) is 0 Å². The van der Waals surface area contributed by atoms with Crippen molar-refractivity contribution in [2.75, 3.05) is 39.3 Å². The third-order valence-corrected chi connectivity index (χ3v) is 5.98. The minimum absolute atomic E-state index is 0.155. The minimum atomic E-state index is -0.992. The molecule has 0 bridgehead atoms. The molecule has 2 saturated heterocycles. The fourth-order valence-electron chi connectivity index (χ4n) is 4.51. The van der Waals surface area contributed by atoms with Gasteiger partial charge >= 0.3 is 6.03 Å². The summed E-state index contributed by atoms with van der Waals surface area (Å²) in [7, 11) is 0. The van der Waals surface area contributed by atoms with Gasteiger partial charge in [0.25, 0.3) is 5.91 Å². The highest BCUT2D eigenvalue weighted by Gasteiger charge is 2.55. The lowest BCUT2D eigenvalue weighted by Crippen LogP contribution is -2.52. The van der Waals surface area contributed by atoms with E-state index in [-0.39, 0.29) is 18.4 Å². The molecule has 0 radical (unpaired) electrons. The summed E-state index contributed by atoms with van der Waals surface area (Å²) in [5, 5.41) is 2.88. The zero-order valence-corrected chi connectivity index (χ0v) is 15.7. The lowest BCUT2D eigenvalue weighted by Gasteiger charge is -2.35. The number of amides is 4. The van der Waals surface area contributed by atoms with Gasteiger partial charge in [0.1, 0.15) is 12.1 Å². The molecule has 3 aliphatic rings. The van der Waals surface area contributed by atoms with Gasteiger partial charge in [0.2, 0.25) is 5.91 Å². The number of benzene rings is 1. The van der Waals surface area contributed by atoms with Crippen LogP contribution < -0.4 is 5.32 Å². The summed E-state index contributed by atoms with van der Waals surface area (Å²) in [6.07, 6.45) is 2.40. The van der Waals surface area contributed by atoms with Crippen LogP contribution in [-0.2, 0) is 21.5 Å². The standard InChI is InChI=1S/C20H26N4O3/c1-2-9-22-10-12-23(13-11-22)17(25)14-24-18(26)20(21-19(24)27)8-7-15-5-3-4-6-16(15)20/h3-6H,2,7-14H2,1H3,(H,21,27). The number of imide groups is 1. The highest BCUT2D eigenvalue weighted by Crippen LogP contribution is 2.41. The number of urea groups is 1. The number of nitrogens with one attached hydrogen (secondary N) is 1. The van der Waals surface area contributed by atoms with E-state index in [1.54, 1.807) is 4.90 Å². The average molecular weight is 370 g/mol. The second kappa shape index (κ2) is 6.96. The maximum atomic E-state index is 13.1. The summed E-state index contributed by atoms with van der Waals surface area (Å²) < 4.78 is 0. The number of rotatable bonds is 4. The Morgan fingerprint density at radius 2 is 1.89 bits per heavy atom. The van der Waals surface area contributed by atoms with E-state index < -0.39 is 11.6 Å². The van der Waals surface area contributed by atoms with Gasteiger partial charge in [-0.2, -0.15) is 0 Å². The number of piperazine rings is 1. The van der Waals surface area contributed by atoms with Crippen molar-refractivity contribution < 1.29 is 14.4 Å². The van der Waals surface area contributed by atoms with Gasteiger partial charge in [0.05, 0.1) is 0 Å². The van der Waals surface area contributed by atoms with Gasteiger partial charge in [-0.05, 0) is 36.9 Å². The molecule has 0 saturated carbocycles. The predicted molar refractivity (Wildman–Crippen MR) is 100.0 cm³/mol. The number of nitrogens with zero attached hydrogens (tertiary/aromatic N) is 3. The predicted octanol–water partition coefficient (Wildman–Crippen LogP) is 0.934. The zero-order valence-electron chi connectivity index (χ0n) is 15.7. The number of carbonyl (C=O) groups excluding carboxylic acids is 3. The first-order valence-corrected chi connectivity index (χ1v) is 9.78. The Morgan fingerprint density at radius 1 is 1.15 bits per heavy atom. The van der Waals surface area contributed by atoms with Crippen LogP contribution >= 0.6 is 0 Å². The Labute approximate surface area is 159 Å². The molecular weight excluding hydrogens is 344 g/mol. The minimum Gasteiger partial charge on any atom is -0.339 e. The van der Waals surface area contributed by atoms with Crippen molar-refractivity contribution in [2.45, 2.75) is 31.7 Å². The monoisotopic (exact) mass is 370 g/mol. The van der Waals surface area contributed by atoms with Crippen LogP contribution in [0.4, 0.5) is 4.79 Å². The Morgan fingerprint density at radius 3 is 2.63 bits per heavy atom. The van der Waals surface area contributed by atoms with E-state index in [2.05, 4.69) is 17.1 Å². The summed E-state index contributed by atoms with van der Waals surface area (Å²) in [5.74, 6) is -0.451. The SMILES string of the molecule is CCCN1CCN(C(=O)CN2C(=O)NC3(CCc4ccccc43)C2=O)CC1. The van der Waals surface area contributed by atoms with E-state index in [0.29, 0.717) is 19.5 Å². The zero-order chi connectivity index (χ0) is 19.0. The Balaban J connectivity index is 1.44. The third-order valence-electron chi connectivity index (χ3n) is 5.98. The molecule has 7 nitrogen and oxygen atoms in total. The van der Waals surface area contributed by atoms with Crippen LogP contribution in [0.5, 0.6) is 0 Å². The van der Waals surface area contributed by atoms with Crippen molar-refractivity contribution in [1.29, 1.82) is 0 Å². The lowest BCUT2D eigenvalue weighted by atomic mass is 9.92. The molecule has 2 heterocycles. The van der Waals surface area contributed by atoms with Crippen LogP contribution in [0.15, 0.2) is 24.3 Å². The average Bonchev–Trinajstić information content (AvgIpc) is 3.16. The third kappa shape index (κ3) is 3.00. The summed E-state index contributed by atoms with van der Waals surface area (Å²) in [6, 6.07) is 7.26. The largest absolute Gasteiger partial charge is 0.339 e. The van der Waals surface area contributed by atoms with Crippen molar-refractivity contribution in [1.82, 2.24) is 20.0 Å². The molecule has 27 heavy (non-hydrogen) atoms. The first-order chi connectivity index (χ1) is 13.0. The normalized spacial score (nSPS) is 25.2. The maximum Gasteiger partial charge on any atom is 0.325 e. The highest BCUT2D eigenvalue weighted by molar-refractivity contribution is 6.09. The molecule has 144 valence electrons. The molecule has 1 aromatic carbocycles. The number of hydrogen-bond donors (Lipinski definition) is 1. The van der Waals surface area contributed by atoms with Gasteiger partial charge in [-0.15, -0.1) is 0 Å². The van der Waals surface area contributed by atoms with E-state index in [4.69, 9.17) is 0 Å². The van der Waals surface area contributed by atoms with Crippen molar-refractivity contribution in [3.63, 3.8) is 0 Å². The molecule has 1 unspecified atom stereocenters. The summed E-state index contributed by atoms with van der Waals surface area (Å²) in [6.45, 7) is 5.99. The molecule has 7 heteroatoms. The van der Waals surface area contributed by atoms with Crippen molar-refractivity contribution in [3.8, 4) is 0 Å². The van der Waals surface area contributed by atoms with Crippen LogP contribution in [0.1, 0.15) is 30.9 Å². The molecule has 2 aliphatic heterocycles. The van der Waals surface area contributed by atoms with Crippen LogP contribution in [0.3, 0.4) is 0 Å². The van der Waals surface area contributed by atoms with E-state index in [9.17, 15) is 14.4 Å². The second-order valence-corrected chi connectivity index (χ2v) is 7.61. The topological polar surface area (TPSA) is 73.0 Å². The number of aryl methyl sites for hydroxylation is 1. The number of carbonyl (C=O) groups is 3. The van der Waals surface area contributed by atoms with Gasteiger partial charge in [-0.25, -0.2) is 4.79 Å². The Kier molecular flexibility index (Phi) is 4.63. The van der Waals surface area contributed by atoms with Crippen molar-refractivity contribution in [2.24, 2.45) is 0 Å². The molecule has 2 fully saturated rings. The summed E-state index contributed by atoms with van der Waals surface area (Å²) >= 11 is 0. The lowest BCUT2D eigenvalue weighted by molar-refractivity contribution is -0.140. The molecule has 1 N–H and O–H groups in total. The Hall–Kier alpha value is -2.41. The quantitative estimate of drug-likeness (QED) is 0.801. The van der Waals surface area contributed by atoms with E-state index in [1.807, 2.05) is 24.3 Å². The van der Waals surface area contributed by atoms with Gasteiger partial charge < -0.3 is 10.2 Å². The van der Waals surface area contributed by atoms with Crippen LogP contribution in [0, 0.1) is 0 Å². The second-order valence-electron chi connectivity index (χ2n) is 7.61. The van der Waals surface area contributed by atoms with Gasteiger partial charge in [-0.1, -0.05) is 31.2 Å². The fraction of sp³-hybridized carbons (Fsp3) is 0.550. The molecule has 1 atom stereocenters. The molecule has 4 amide bonds. The molecule has 1 aliphatic carbocycles. The van der Waals surface area contributed by atoms with Gasteiger partial charge in [0.15, 0.2) is 0 Å². The highest BCUT2D eigenvalue weighted by atomic mass is 16.2. The van der Waals surface area contributed by atoms with Crippen LogP contribution in [0.25, 0.3) is 0 Å². The smallest absolute Gasteiger partial charge is 0.325 e. The molecule has 1 spiro atoms. The first-order valence-electron chi connectivity index (χ1n) is 9.78. The molecule has 4 rings (SSSR count). The fourth-order valence-corrected chi connectivity index (χ4v) is 4.51. The number of fused-ring (bicyclic) bond motifs is 2. The van der Waals surface area contributed by atoms with Gasteiger partial charge in [-0.3, -0.25) is 19.4 Å². The van der Waals surface area contributed by atoms with E-state index >= 15 is 0 Å². The number of hydrogen-bond acceptors (Lipinski definition) is 4. The van der Waals surface area contributed by atoms with E-state index in [0.717, 1.165) is 48.5 Å². The molecule has 0 aromatic heterocycles. The molecule has 1 aromatic rings.